The highest BCUT2D eigenvalue weighted by Crippen LogP contribution is 2.22. The molecular weight excluding hydrogens is 285 g/mol. The standard InChI is InChI=1S/C17H12FNO3/c18-13-7-5-12(6-8-13)11-3-1-10(2-4-11)9-14-15(20)17(22)19-16(14)21/h1-8H,9H2,(H2,19,20,21,22). The van der Waals surface area contributed by atoms with Crippen LogP contribution in [0.25, 0.3) is 11.1 Å². The summed E-state index contributed by atoms with van der Waals surface area (Å²) in [6.07, 6.45) is 0.174. The van der Waals surface area contributed by atoms with Gasteiger partial charge in [0.25, 0.3) is 11.8 Å². The summed E-state index contributed by atoms with van der Waals surface area (Å²) in [6, 6.07) is 13.4. The normalized spacial score (nSPS) is 14.4. The zero-order valence-corrected chi connectivity index (χ0v) is 11.5. The number of carbonyl (C=O) groups excluding carboxylic acids is 2. The molecule has 5 heteroatoms. The second kappa shape index (κ2) is 5.44. The van der Waals surface area contributed by atoms with E-state index >= 15 is 0 Å². The molecule has 3 rings (SSSR count). The monoisotopic (exact) mass is 297 g/mol. The van der Waals surface area contributed by atoms with Gasteiger partial charge in [0.1, 0.15) is 5.82 Å². The summed E-state index contributed by atoms with van der Waals surface area (Å²) in [5.74, 6) is -2.14. The highest BCUT2D eigenvalue weighted by atomic mass is 19.1. The predicted octanol–water partition coefficient (Wildman–Crippen LogP) is 2.50. The summed E-state index contributed by atoms with van der Waals surface area (Å²) in [5.41, 5.74) is 2.65. The average molecular weight is 297 g/mol. The van der Waals surface area contributed by atoms with Gasteiger partial charge in [-0.1, -0.05) is 36.4 Å². The molecule has 0 aromatic heterocycles. The minimum atomic E-state index is -0.761. The van der Waals surface area contributed by atoms with E-state index in [0.717, 1.165) is 16.7 Å². The first-order chi connectivity index (χ1) is 10.5. The first kappa shape index (κ1) is 14.0. The minimum absolute atomic E-state index is 0.0690. The number of nitrogens with one attached hydrogen (secondary N) is 1. The number of benzene rings is 2. The van der Waals surface area contributed by atoms with Crippen molar-refractivity contribution in [1.29, 1.82) is 0 Å². The van der Waals surface area contributed by atoms with Crippen LogP contribution in [0.1, 0.15) is 5.56 Å². The van der Waals surface area contributed by atoms with Gasteiger partial charge in [0, 0.05) is 6.42 Å². The highest BCUT2D eigenvalue weighted by molar-refractivity contribution is 6.18. The molecule has 0 aliphatic carbocycles. The van der Waals surface area contributed by atoms with Crippen LogP contribution < -0.4 is 5.32 Å². The Kier molecular flexibility index (Phi) is 3.47. The number of aliphatic hydroxyl groups excluding tert-OH is 1. The number of carbonyl (C=O) groups is 2. The fraction of sp³-hybridized carbons (Fsp3) is 0.0588. The fourth-order valence-electron chi connectivity index (χ4n) is 2.31. The van der Waals surface area contributed by atoms with Crippen LogP contribution in [0.3, 0.4) is 0 Å². The first-order valence-corrected chi connectivity index (χ1v) is 6.67. The van der Waals surface area contributed by atoms with E-state index in [4.69, 9.17) is 0 Å². The molecule has 2 aromatic carbocycles. The van der Waals surface area contributed by atoms with Crippen molar-refractivity contribution in [2.45, 2.75) is 6.42 Å². The van der Waals surface area contributed by atoms with Crippen LogP contribution in [0.15, 0.2) is 59.9 Å². The zero-order chi connectivity index (χ0) is 15.7. The summed E-state index contributed by atoms with van der Waals surface area (Å²) in [4.78, 5) is 22.7. The van der Waals surface area contributed by atoms with Gasteiger partial charge in [-0.25, -0.2) is 4.39 Å². The van der Waals surface area contributed by atoms with E-state index < -0.39 is 17.6 Å². The van der Waals surface area contributed by atoms with Crippen LogP contribution in [-0.2, 0) is 16.0 Å². The van der Waals surface area contributed by atoms with E-state index in [1.165, 1.54) is 12.1 Å². The number of halogens is 1. The van der Waals surface area contributed by atoms with Crippen LogP contribution in [0.2, 0.25) is 0 Å². The Morgan fingerprint density at radius 2 is 1.41 bits per heavy atom. The van der Waals surface area contributed by atoms with Crippen LogP contribution >= 0.6 is 0 Å². The van der Waals surface area contributed by atoms with Gasteiger partial charge in [-0.05, 0) is 28.8 Å². The van der Waals surface area contributed by atoms with Crippen molar-refractivity contribution < 1.29 is 19.1 Å². The summed E-state index contributed by atoms with van der Waals surface area (Å²) in [5, 5.41) is 11.6. The van der Waals surface area contributed by atoms with Crippen molar-refractivity contribution >= 4 is 11.8 Å². The van der Waals surface area contributed by atoms with E-state index in [-0.39, 0.29) is 17.8 Å². The Bertz CT molecular complexity index is 777. The van der Waals surface area contributed by atoms with Crippen molar-refractivity contribution in [3.8, 4) is 11.1 Å². The molecule has 0 bridgehead atoms. The van der Waals surface area contributed by atoms with Gasteiger partial charge in [-0.3, -0.25) is 14.9 Å². The molecule has 0 saturated carbocycles. The van der Waals surface area contributed by atoms with Gasteiger partial charge < -0.3 is 5.11 Å². The molecule has 110 valence electrons. The summed E-state index contributed by atoms with van der Waals surface area (Å²) < 4.78 is 12.9. The van der Waals surface area contributed by atoms with Gasteiger partial charge in [0.15, 0.2) is 5.76 Å². The predicted molar refractivity (Wildman–Crippen MR) is 78.3 cm³/mol. The maximum atomic E-state index is 12.9. The molecule has 0 atom stereocenters. The Hall–Kier alpha value is -2.95. The third-order valence-electron chi connectivity index (χ3n) is 3.51. The molecule has 0 radical (unpaired) electrons. The third kappa shape index (κ3) is 2.61. The number of rotatable bonds is 3. The largest absolute Gasteiger partial charge is 0.503 e. The molecule has 0 saturated heterocycles. The molecule has 0 spiro atoms. The van der Waals surface area contributed by atoms with E-state index in [0.29, 0.717) is 0 Å². The molecular formula is C17H12FNO3. The molecule has 2 N–H and O–H groups in total. The number of hydrogen-bond donors (Lipinski definition) is 2. The molecule has 1 heterocycles. The van der Waals surface area contributed by atoms with E-state index in [1.807, 2.05) is 17.4 Å². The lowest BCUT2D eigenvalue weighted by Crippen LogP contribution is -2.23. The first-order valence-electron chi connectivity index (χ1n) is 6.67. The topological polar surface area (TPSA) is 66.4 Å². The van der Waals surface area contributed by atoms with Crippen molar-refractivity contribution in [3.05, 3.63) is 71.2 Å². The molecule has 4 nitrogen and oxygen atoms in total. The molecule has 0 fully saturated rings. The number of amides is 2. The lowest BCUT2D eigenvalue weighted by molar-refractivity contribution is -0.125. The molecule has 0 unspecified atom stereocenters. The second-order valence-electron chi connectivity index (χ2n) is 4.99. The van der Waals surface area contributed by atoms with Crippen molar-refractivity contribution in [2.75, 3.05) is 0 Å². The smallest absolute Gasteiger partial charge is 0.293 e. The molecule has 2 aromatic rings. The number of hydrogen-bond acceptors (Lipinski definition) is 3. The van der Waals surface area contributed by atoms with Crippen LogP contribution in [0.4, 0.5) is 4.39 Å². The molecule has 1 aliphatic heterocycles. The second-order valence-corrected chi connectivity index (χ2v) is 4.99. The van der Waals surface area contributed by atoms with Crippen molar-refractivity contribution in [2.24, 2.45) is 0 Å². The quantitative estimate of drug-likeness (QED) is 0.855. The Labute approximate surface area is 125 Å². The highest BCUT2D eigenvalue weighted by Gasteiger charge is 2.29. The lowest BCUT2D eigenvalue weighted by Gasteiger charge is -2.05. The van der Waals surface area contributed by atoms with Crippen LogP contribution in [0, 0.1) is 5.82 Å². The summed E-state index contributed by atoms with van der Waals surface area (Å²) >= 11 is 0. The third-order valence-corrected chi connectivity index (χ3v) is 3.51. The van der Waals surface area contributed by atoms with Gasteiger partial charge in [0.05, 0.1) is 5.57 Å². The molecule has 22 heavy (non-hydrogen) atoms. The lowest BCUT2D eigenvalue weighted by atomic mass is 10.00. The Balaban J connectivity index is 1.82. The molecule has 2 amide bonds. The van der Waals surface area contributed by atoms with E-state index in [2.05, 4.69) is 0 Å². The van der Waals surface area contributed by atoms with Gasteiger partial charge in [0.2, 0.25) is 0 Å². The maximum absolute atomic E-state index is 12.9. The van der Waals surface area contributed by atoms with Gasteiger partial charge >= 0.3 is 0 Å². The summed E-state index contributed by atoms with van der Waals surface area (Å²) in [7, 11) is 0. The summed E-state index contributed by atoms with van der Waals surface area (Å²) in [6.45, 7) is 0. The number of imide groups is 1. The Morgan fingerprint density at radius 3 is 1.91 bits per heavy atom. The SMILES string of the molecule is O=C1NC(=O)C(Cc2ccc(-c3ccc(F)cc3)cc2)=C1O. The van der Waals surface area contributed by atoms with Crippen LogP contribution in [0.5, 0.6) is 0 Å². The van der Waals surface area contributed by atoms with Crippen LogP contribution in [-0.4, -0.2) is 16.9 Å². The van der Waals surface area contributed by atoms with E-state index in [9.17, 15) is 19.1 Å². The fourth-order valence-corrected chi connectivity index (χ4v) is 2.31. The van der Waals surface area contributed by atoms with E-state index in [1.54, 1.807) is 24.3 Å². The zero-order valence-electron chi connectivity index (χ0n) is 11.5. The van der Waals surface area contributed by atoms with Gasteiger partial charge in [-0.15, -0.1) is 0 Å². The Morgan fingerprint density at radius 1 is 0.864 bits per heavy atom. The van der Waals surface area contributed by atoms with Crippen molar-refractivity contribution in [3.63, 3.8) is 0 Å². The maximum Gasteiger partial charge on any atom is 0.293 e. The van der Waals surface area contributed by atoms with Crippen molar-refractivity contribution in [1.82, 2.24) is 5.32 Å². The number of aliphatic hydroxyl groups is 1. The minimum Gasteiger partial charge on any atom is -0.503 e. The van der Waals surface area contributed by atoms with Gasteiger partial charge in [-0.2, -0.15) is 0 Å². The average Bonchev–Trinajstić information content (AvgIpc) is 2.75. The molecule has 1 aliphatic rings.